The van der Waals surface area contributed by atoms with E-state index in [1.807, 2.05) is 6.07 Å². The molecule has 0 amide bonds. The Morgan fingerprint density at radius 1 is 1.31 bits per heavy atom. The molecule has 0 saturated heterocycles. The molecule has 0 aliphatic heterocycles. The molecule has 0 spiro atoms. The highest BCUT2D eigenvalue weighted by molar-refractivity contribution is 5.56. The minimum atomic E-state index is 0.0237. The summed E-state index contributed by atoms with van der Waals surface area (Å²) in [5.41, 5.74) is 8.64. The van der Waals surface area contributed by atoms with Gasteiger partial charge in [0.2, 0.25) is 0 Å². The Labute approximate surface area is 79.3 Å². The van der Waals surface area contributed by atoms with Crippen molar-refractivity contribution in [2.75, 3.05) is 0 Å². The van der Waals surface area contributed by atoms with Gasteiger partial charge in [0, 0.05) is 5.54 Å². The van der Waals surface area contributed by atoms with Gasteiger partial charge in [-0.25, -0.2) is 0 Å². The lowest BCUT2D eigenvalue weighted by Gasteiger charge is -2.08. The summed E-state index contributed by atoms with van der Waals surface area (Å²) in [4.78, 5) is 0. The Morgan fingerprint density at radius 2 is 1.92 bits per heavy atom. The Kier molecular flexibility index (Phi) is 1.97. The largest absolute Gasteiger partial charge is 0.322 e. The van der Waals surface area contributed by atoms with Crippen molar-refractivity contribution in [3.8, 4) is 0 Å². The van der Waals surface area contributed by atoms with Crippen molar-refractivity contribution in [1.82, 2.24) is 0 Å². The molecule has 0 bridgehead atoms. The molecular weight excluding hydrogens is 158 g/mol. The van der Waals surface area contributed by atoms with Crippen LogP contribution in [0, 0.1) is 0 Å². The van der Waals surface area contributed by atoms with Gasteiger partial charge in [-0.3, -0.25) is 0 Å². The molecule has 1 aliphatic carbocycles. The highest BCUT2D eigenvalue weighted by atomic mass is 14.8. The quantitative estimate of drug-likeness (QED) is 0.731. The number of nitrogens with two attached hydrogens (primary N) is 1. The van der Waals surface area contributed by atoms with E-state index in [0.29, 0.717) is 0 Å². The van der Waals surface area contributed by atoms with Gasteiger partial charge in [0.25, 0.3) is 0 Å². The van der Waals surface area contributed by atoms with E-state index in [0.717, 1.165) is 12.8 Å². The maximum atomic E-state index is 6.07. The van der Waals surface area contributed by atoms with Gasteiger partial charge < -0.3 is 5.73 Å². The molecule has 0 radical (unpaired) electrons. The first kappa shape index (κ1) is 8.52. The molecule has 0 atom stereocenters. The summed E-state index contributed by atoms with van der Waals surface area (Å²) in [7, 11) is 0. The molecule has 1 heteroatoms. The highest BCUT2D eigenvalue weighted by Gasteiger charge is 2.39. The lowest BCUT2D eigenvalue weighted by atomic mass is 10.0. The number of rotatable bonds is 2. The molecule has 1 fully saturated rings. The molecule has 13 heavy (non-hydrogen) atoms. The second-order valence-electron chi connectivity index (χ2n) is 3.89. The fraction of sp³-hybridized carbons (Fsp3) is 0.333. The van der Waals surface area contributed by atoms with Gasteiger partial charge in [-0.05, 0) is 25.3 Å². The van der Waals surface area contributed by atoms with E-state index >= 15 is 0 Å². The zero-order chi connectivity index (χ0) is 9.31. The lowest BCUT2D eigenvalue weighted by molar-refractivity contribution is 0.800. The van der Waals surface area contributed by atoms with Gasteiger partial charge in [0.05, 0.1) is 0 Å². The third-order valence-corrected chi connectivity index (χ3v) is 2.76. The summed E-state index contributed by atoms with van der Waals surface area (Å²) >= 11 is 0. The predicted octanol–water partition coefficient (Wildman–Crippen LogP) is 2.58. The van der Waals surface area contributed by atoms with Gasteiger partial charge in [-0.15, -0.1) is 0 Å². The third kappa shape index (κ3) is 1.81. The SMILES string of the molecule is C/C(=C/c1ccccc1)C1(N)CC1. The minimum absolute atomic E-state index is 0.0237. The van der Waals surface area contributed by atoms with Crippen LogP contribution in [0.25, 0.3) is 6.08 Å². The van der Waals surface area contributed by atoms with Gasteiger partial charge in [-0.1, -0.05) is 42.0 Å². The summed E-state index contributed by atoms with van der Waals surface area (Å²) in [6, 6.07) is 10.3. The molecule has 2 N–H and O–H groups in total. The first-order chi connectivity index (χ1) is 6.21. The zero-order valence-electron chi connectivity index (χ0n) is 7.96. The van der Waals surface area contributed by atoms with Crippen LogP contribution >= 0.6 is 0 Å². The summed E-state index contributed by atoms with van der Waals surface area (Å²) in [6.45, 7) is 2.12. The fourth-order valence-corrected chi connectivity index (χ4v) is 1.47. The van der Waals surface area contributed by atoms with E-state index in [-0.39, 0.29) is 5.54 Å². The van der Waals surface area contributed by atoms with Crippen molar-refractivity contribution >= 4 is 6.08 Å². The summed E-state index contributed by atoms with van der Waals surface area (Å²) in [6.07, 6.45) is 4.47. The van der Waals surface area contributed by atoms with Crippen molar-refractivity contribution < 1.29 is 0 Å². The monoisotopic (exact) mass is 173 g/mol. The zero-order valence-corrected chi connectivity index (χ0v) is 7.96. The summed E-state index contributed by atoms with van der Waals surface area (Å²) in [5, 5.41) is 0. The average molecular weight is 173 g/mol. The molecule has 0 aromatic heterocycles. The van der Waals surface area contributed by atoms with Crippen LogP contribution in [-0.4, -0.2) is 5.54 Å². The summed E-state index contributed by atoms with van der Waals surface area (Å²) in [5.74, 6) is 0. The van der Waals surface area contributed by atoms with Crippen LogP contribution in [0.2, 0.25) is 0 Å². The Balaban J connectivity index is 2.21. The Morgan fingerprint density at radius 3 is 2.46 bits per heavy atom. The topological polar surface area (TPSA) is 26.0 Å². The van der Waals surface area contributed by atoms with E-state index in [4.69, 9.17) is 5.73 Å². The molecule has 2 rings (SSSR count). The molecular formula is C12H15N. The average Bonchev–Trinajstić information content (AvgIpc) is 2.87. The van der Waals surface area contributed by atoms with Gasteiger partial charge in [0.15, 0.2) is 0 Å². The van der Waals surface area contributed by atoms with Crippen LogP contribution in [0.4, 0.5) is 0 Å². The van der Waals surface area contributed by atoms with Crippen LogP contribution in [0.3, 0.4) is 0 Å². The second-order valence-corrected chi connectivity index (χ2v) is 3.89. The third-order valence-electron chi connectivity index (χ3n) is 2.76. The maximum Gasteiger partial charge on any atom is 0.0370 e. The summed E-state index contributed by atoms with van der Waals surface area (Å²) < 4.78 is 0. The smallest absolute Gasteiger partial charge is 0.0370 e. The normalized spacial score (nSPS) is 20.0. The predicted molar refractivity (Wildman–Crippen MR) is 56.2 cm³/mol. The van der Waals surface area contributed by atoms with Gasteiger partial charge in [-0.2, -0.15) is 0 Å². The molecule has 1 aliphatic rings. The van der Waals surface area contributed by atoms with E-state index in [1.54, 1.807) is 0 Å². The molecule has 1 aromatic rings. The van der Waals surface area contributed by atoms with Crippen molar-refractivity contribution in [3.63, 3.8) is 0 Å². The van der Waals surface area contributed by atoms with Crippen LogP contribution in [-0.2, 0) is 0 Å². The van der Waals surface area contributed by atoms with Crippen LogP contribution in [0.1, 0.15) is 25.3 Å². The number of hydrogen-bond acceptors (Lipinski definition) is 1. The maximum absolute atomic E-state index is 6.07. The highest BCUT2D eigenvalue weighted by Crippen LogP contribution is 2.39. The van der Waals surface area contributed by atoms with E-state index in [9.17, 15) is 0 Å². The molecule has 68 valence electrons. The van der Waals surface area contributed by atoms with E-state index in [2.05, 4.69) is 37.3 Å². The first-order valence-corrected chi connectivity index (χ1v) is 4.73. The lowest BCUT2D eigenvalue weighted by Crippen LogP contribution is -2.22. The van der Waals surface area contributed by atoms with E-state index < -0.39 is 0 Å². The molecule has 1 nitrogen and oxygen atoms in total. The number of benzene rings is 1. The Bertz CT molecular complexity index is 320. The van der Waals surface area contributed by atoms with E-state index in [1.165, 1.54) is 11.1 Å². The van der Waals surface area contributed by atoms with Crippen molar-refractivity contribution in [2.24, 2.45) is 5.73 Å². The van der Waals surface area contributed by atoms with Crippen LogP contribution in [0.15, 0.2) is 35.9 Å². The minimum Gasteiger partial charge on any atom is -0.322 e. The van der Waals surface area contributed by atoms with Crippen molar-refractivity contribution in [2.45, 2.75) is 25.3 Å². The Hall–Kier alpha value is -1.08. The molecule has 1 saturated carbocycles. The fourth-order valence-electron chi connectivity index (χ4n) is 1.47. The van der Waals surface area contributed by atoms with Crippen LogP contribution in [0.5, 0.6) is 0 Å². The van der Waals surface area contributed by atoms with Crippen LogP contribution < -0.4 is 5.73 Å². The second kappa shape index (κ2) is 3.00. The first-order valence-electron chi connectivity index (χ1n) is 4.73. The molecule has 0 heterocycles. The van der Waals surface area contributed by atoms with Gasteiger partial charge in [0.1, 0.15) is 0 Å². The standard InChI is InChI=1S/C12H15N/c1-10(12(13)7-8-12)9-11-5-3-2-4-6-11/h2-6,9H,7-8,13H2,1H3/b10-9-. The van der Waals surface area contributed by atoms with Crippen molar-refractivity contribution in [1.29, 1.82) is 0 Å². The van der Waals surface area contributed by atoms with Crippen molar-refractivity contribution in [3.05, 3.63) is 41.5 Å². The molecule has 0 unspecified atom stereocenters. The van der Waals surface area contributed by atoms with Gasteiger partial charge >= 0.3 is 0 Å². The molecule has 1 aromatic carbocycles. The number of hydrogen-bond donors (Lipinski definition) is 1.